The minimum atomic E-state index is -1.05. The molecule has 1 rings (SSSR count). The number of carboxylic acid groups (broad SMARTS) is 1. The van der Waals surface area contributed by atoms with E-state index in [1.165, 1.54) is 6.07 Å². The monoisotopic (exact) mass is 251 g/mol. The van der Waals surface area contributed by atoms with Crippen LogP contribution in [-0.4, -0.2) is 23.5 Å². The van der Waals surface area contributed by atoms with Crippen molar-refractivity contribution in [2.24, 2.45) is 5.73 Å². The number of hydrogen-bond acceptors (Lipinski definition) is 4. The van der Waals surface area contributed by atoms with E-state index in [1.54, 1.807) is 12.1 Å². The van der Waals surface area contributed by atoms with Gasteiger partial charge < -0.3 is 21.9 Å². The number of nitrogens with one attached hydrogen (secondary N) is 1. The van der Waals surface area contributed by atoms with Gasteiger partial charge in [-0.05, 0) is 31.0 Å². The van der Waals surface area contributed by atoms with E-state index < -0.39 is 5.97 Å². The molecular weight excluding hydrogens is 234 g/mol. The first-order chi connectivity index (χ1) is 8.50. The molecule has 0 heterocycles. The molecule has 0 saturated heterocycles. The Morgan fingerprint density at radius 2 is 2.00 bits per heavy atom. The van der Waals surface area contributed by atoms with Crippen molar-refractivity contribution in [1.29, 1.82) is 0 Å². The molecule has 0 unspecified atom stereocenters. The summed E-state index contributed by atoms with van der Waals surface area (Å²) in [5.41, 5.74) is 11.6. The lowest BCUT2D eigenvalue weighted by Gasteiger charge is -2.08. The van der Waals surface area contributed by atoms with Gasteiger partial charge in [0.15, 0.2) is 0 Å². The fourth-order valence-corrected chi connectivity index (χ4v) is 1.51. The number of primary amides is 1. The lowest BCUT2D eigenvalue weighted by molar-refractivity contribution is -0.118. The van der Waals surface area contributed by atoms with E-state index in [-0.39, 0.29) is 17.2 Å². The summed E-state index contributed by atoms with van der Waals surface area (Å²) >= 11 is 0. The van der Waals surface area contributed by atoms with Gasteiger partial charge in [-0.3, -0.25) is 4.79 Å². The molecule has 0 spiro atoms. The van der Waals surface area contributed by atoms with Crippen LogP contribution in [0.4, 0.5) is 11.4 Å². The zero-order valence-corrected chi connectivity index (χ0v) is 9.98. The van der Waals surface area contributed by atoms with Crippen molar-refractivity contribution in [1.82, 2.24) is 0 Å². The number of carbonyl (C=O) groups is 2. The first kappa shape index (κ1) is 13.8. The predicted molar refractivity (Wildman–Crippen MR) is 69.3 cm³/mol. The summed E-state index contributed by atoms with van der Waals surface area (Å²) < 4.78 is 0. The first-order valence-corrected chi connectivity index (χ1v) is 5.65. The fraction of sp³-hybridized carbons (Fsp3) is 0.333. The third-order valence-electron chi connectivity index (χ3n) is 2.46. The lowest BCUT2D eigenvalue weighted by Crippen LogP contribution is -2.11. The highest BCUT2D eigenvalue weighted by Crippen LogP contribution is 2.17. The maximum atomic E-state index is 10.9. The van der Waals surface area contributed by atoms with Crippen LogP contribution in [-0.2, 0) is 4.79 Å². The SMILES string of the molecule is NC(=O)CCCCNc1ccc(N)c(C(=O)O)c1. The number of rotatable bonds is 7. The van der Waals surface area contributed by atoms with E-state index in [2.05, 4.69) is 5.32 Å². The van der Waals surface area contributed by atoms with Crippen LogP contribution in [0.25, 0.3) is 0 Å². The van der Waals surface area contributed by atoms with Crippen LogP contribution in [0, 0.1) is 0 Å². The third kappa shape index (κ3) is 4.32. The van der Waals surface area contributed by atoms with E-state index in [1.807, 2.05) is 0 Å². The Balaban J connectivity index is 2.45. The lowest BCUT2D eigenvalue weighted by atomic mass is 10.1. The summed E-state index contributed by atoms with van der Waals surface area (Å²) in [5, 5.41) is 12.0. The molecule has 6 N–H and O–H groups in total. The highest BCUT2D eigenvalue weighted by molar-refractivity contribution is 5.94. The summed E-state index contributed by atoms with van der Waals surface area (Å²) in [7, 11) is 0. The van der Waals surface area contributed by atoms with E-state index in [4.69, 9.17) is 16.6 Å². The molecule has 0 atom stereocenters. The molecule has 1 aromatic carbocycles. The number of amides is 1. The maximum absolute atomic E-state index is 10.9. The molecule has 1 aromatic rings. The Hall–Kier alpha value is -2.24. The zero-order valence-electron chi connectivity index (χ0n) is 9.98. The summed E-state index contributed by atoms with van der Waals surface area (Å²) in [5.74, 6) is -1.36. The second kappa shape index (κ2) is 6.48. The van der Waals surface area contributed by atoms with Crippen molar-refractivity contribution < 1.29 is 14.7 Å². The minimum absolute atomic E-state index is 0.0807. The molecule has 0 fully saturated rings. The number of unbranched alkanes of at least 4 members (excludes halogenated alkanes) is 1. The molecule has 0 aromatic heterocycles. The summed E-state index contributed by atoms with van der Waals surface area (Å²) in [4.78, 5) is 21.4. The van der Waals surface area contributed by atoms with Crippen LogP contribution in [0.3, 0.4) is 0 Å². The highest BCUT2D eigenvalue weighted by atomic mass is 16.4. The maximum Gasteiger partial charge on any atom is 0.337 e. The van der Waals surface area contributed by atoms with Crippen molar-refractivity contribution >= 4 is 23.3 Å². The van der Waals surface area contributed by atoms with Gasteiger partial charge in [0.05, 0.1) is 5.56 Å². The number of nitrogen functional groups attached to an aromatic ring is 1. The number of aromatic carboxylic acids is 1. The molecule has 0 bridgehead atoms. The van der Waals surface area contributed by atoms with E-state index >= 15 is 0 Å². The average molecular weight is 251 g/mol. The molecule has 6 heteroatoms. The van der Waals surface area contributed by atoms with Crippen molar-refractivity contribution in [3.63, 3.8) is 0 Å². The van der Waals surface area contributed by atoms with Gasteiger partial charge in [-0.15, -0.1) is 0 Å². The fourth-order valence-electron chi connectivity index (χ4n) is 1.51. The van der Waals surface area contributed by atoms with E-state index in [0.29, 0.717) is 25.1 Å². The number of hydrogen-bond donors (Lipinski definition) is 4. The molecule has 0 aliphatic rings. The predicted octanol–water partition coefficient (Wildman–Crippen LogP) is 1.03. The summed E-state index contributed by atoms with van der Waals surface area (Å²) in [6.07, 6.45) is 1.86. The largest absolute Gasteiger partial charge is 0.478 e. The number of carbonyl (C=O) groups excluding carboxylic acids is 1. The first-order valence-electron chi connectivity index (χ1n) is 5.65. The van der Waals surface area contributed by atoms with Crippen LogP contribution in [0.1, 0.15) is 29.6 Å². The van der Waals surface area contributed by atoms with Crippen molar-refractivity contribution in [3.8, 4) is 0 Å². The van der Waals surface area contributed by atoms with E-state index in [0.717, 1.165) is 6.42 Å². The molecule has 0 radical (unpaired) electrons. The topological polar surface area (TPSA) is 118 Å². The van der Waals surface area contributed by atoms with Gasteiger partial charge in [-0.1, -0.05) is 0 Å². The Kier molecular flexibility index (Phi) is 4.98. The molecular formula is C12H17N3O3. The van der Waals surface area contributed by atoms with Crippen LogP contribution in [0.15, 0.2) is 18.2 Å². The Labute approximate surface area is 105 Å². The smallest absolute Gasteiger partial charge is 0.337 e. The number of anilines is 2. The molecule has 18 heavy (non-hydrogen) atoms. The third-order valence-corrected chi connectivity index (χ3v) is 2.46. The van der Waals surface area contributed by atoms with Gasteiger partial charge >= 0.3 is 5.97 Å². The quantitative estimate of drug-likeness (QED) is 0.426. The Morgan fingerprint density at radius 3 is 2.61 bits per heavy atom. The number of nitrogens with two attached hydrogens (primary N) is 2. The van der Waals surface area contributed by atoms with Crippen LogP contribution < -0.4 is 16.8 Å². The van der Waals surface area contributed by atoms with Gasteiger partial charge in [0.2, 0.25) is 5.91 Å². The van der Waals surface area contributed by atoms with Crippen LogP contribution in [0.5, 0.6) is 0 Å². The Bertz CT molecular complexity index is 446. The molecule has 0 aliphatic heterocycles. The number of carboxylic acids is 1. The normalized spacial score (nSPS) is 10.0. The van der Waals surface area contributed by atoms with Crippen molar-refractivity contribution in [2.45, 2.75) is 19.3 Å². The second-order valence-electron chi connectivity index (χ2n) is 3.96. The van der Waals surface area contributed by atoms with Gasteiger partial charge in [0.25, 0.3) is 0 Å². The number of benzene rings is 1. The molecule has 1 amide bonds. The molecule has 98 valence electrons. The van der Waals surface area contributed by atoms with E-state index in [9.17, 15) is 9.59 Å². The Morgan fingerprint density at radius 1 is 1.28 bits per heavy atom. The zero-order chi connectivity index (χ0) is 13.5. The molecule has 0 aliphatic carbocycles. The van der Waals surface area contributed by atoms with Gasteiger partial charge in [0.1, 0.15) is 0 Å². The summed E-state index contributed by atoms with van der Waals surface area (Å²) in [6.45, 7) is 0.649. The second-order valence-corrected chi connectivity index (χ2v) is 3.96. The van der Waals surface area contributed by atoms with Gasteiger partial charge in [-0.25, -0.2) is 4.79 Å². The van der Waals surface area contributed by atoms with Crippen LogP contribution >= 0.6 is 0 Å². The standard InChI is InChI=1S/C12H17N3O3/c13-10-5-4-8(7-9(10)12(17)18)15-6-2-1-3-11(14)16/h4-5,7,15H,1-3,6,13H2,(H2,14,16)(H,17,18). The van der Waals surface area contributed by atoms with Gasteiger partial charge in [-0.2, -0.15) is 0 Å². The highest BCUT2D eigenvalue weighted by Gasteiger charge is 2.08. The van der Waals surface area contributed by atoms with Crippen LogP contribution in [0.2, 0.25) is 0 Å². The van der Waals surface area contributed by atoms with Crippen molar-refractivity contribution in [3.05, 3.63) is 23.8 Å². The molecule has 6 nitrogen and oxygen atoms in total. The van der Waals surface area contributed by atoms with Gasteiger partial charge in [0, 0.05) is 24.3 Å². The average Bonchev–Trinajstić information content (AvgIpc) is 2.30. The van der Waals surface area contributed by atoms with Crippen molar-refractivity contribution in [2.75, 3.05) is 17.6 Å². The molecule has 0 saturated carbocycles. The minimum Gasteiger partial charge on any atom is -0.478 e. The summed E-state index contributed by atoms with van der Waals surface area (Å²) in [6, 6.07) is 4.76.